The molecular weight excluding hydrogens is 272 g/mol. The van der Waals surface area contributed by atoms with Crippen LogP contribution in [0.15, 0.2) is 24.3 Å². The Bertz CT molecular complexity index is 436. The summed E-state index contributed by atoms with van der Waals surface area (Å²) in [6.07, 6.45) is -0.980. The quantitative estimate of drug-likeness (QED) is 0.551. The molecule has 2 amide bonds. The highest BCUT2D eigenvalue weighted by molar-refractivity contribution is 6.29. The van der Waals surface area contributed by atoms with E-state index in [1.54, 1.807) is 12.1 Å². The van der Waals surface area contributed by atoms with Crippen molar-refractivity contribution in [1.29, 1.82) is 0 Å². The summed E-state index contributed by atoms with van der Waals surface area (Å²) in [5.74, 6) is -0.839. The molecule has 19 heavy (non-hydrogen) atoms. The highest BCUT2D eigenvalue weighted by atomic mass is 35.5. The Balaban J connectivity index is 2.55. The van der Waals surface area contributed by atoms with Crippen molar-refractivity contribution in [3.63, 3.8) is 0 Å². The predicted octanol–water partition coefficient (Wildman–Crippen LogP) is -0.0531. The normalized spacial score (nSPS) is 11.7. The van der Waals surface area contributed by atoms with Crippen molar-refractivity contribution >= 4 is 29.1 Å². The summed E-state index contributed by atoms with van der Waals surface area (Å²) in [4.78, 5) is 22.7. The summed E-state index contributed by atoms with van der Waals surface area (Å²) >= 11 is 5.35. The molecule has 0 fully saturated rings. The Morgan fingerprint density at radius 3 is 2.42 bits per heavy atom. The average molecular weight is 287 g/mol. The smallest absolute Gasteiger partial charge is 0.251 e. The number of amides is 2. The number of aliphatic hydroxyl groups excluding tert-OH is 2. The second-order valence-corrected chi connectivity index (χ2v) is 4.07. The molecule has 1 rings (SSSR count). The van der Waals surface area contributed by atoms with E-state index in [-0.39, 0.29) is 24.2 Å². The van der Waals surface area contributed by atoms with E-state index in [1.165, 1.54) is 12.1 Å². The molecule has 0 saturated heterocycles. The predicted molar refractivity (Wildman–Crippen MR) is 71.2 cm³/mol. The van der Waals surface area contributed by atoms with Gasteiger partial charge in [-0.25, -0.2) is 0 Å². The summed E-state index contributed by atoms with van der Waals surface area (Å²) in [5, 5.41) is 22.7. The third kappa shape index (κ3) is 5.25. The maximum atomic E-state index is 11.6. The number of anilines is 1. The highest BCUT2D eigenvalue weighted by Gasteiger charge is 2.08. The average Bonchev–Trinajstić information content (AvgIpc) is 2.44. The zero-order valence-corrected chi connectivity index (χ0v) is 10.9. The number of nitrogens with one attached hydrogen (secondary N) is 2. The number of rotatable bonds is 6. The first-order valence-electron chi connectivity index (χ1n) is 5.59. The summed E-state index contributed by atoms with van der Waals surface area (Å²) in [7, 11) is 0. The fourth-order valence-corrected chi connectivity index (χ4v) is 1.34. The van der Waals surface area contributed by atoms with Gasteiger partial charge in [0, 0.05) is 17.8 Å². The number of carbonyl (C=O) groups is 2. The molecule has 0 aliphatic heterocycles. The third-order valence-corrected chi connectivity index (χ3v) is 2.50. The highest BCUT2D eigenvalue weighted by Crippen LogP contribution is 2.09. The first-order chi connectivity index (χ1) is 9.06. The van der Waals surface area contributed by atoms with Gasteiger partial charge in [-0.15, -0.1) is 11.6 Å². The minimum atomic E-state index is -0.980. The summed E-state index contributed by atoms with van der Waals surface area (Å²) in [5.41, 5.74) is 0.923. The molecule has 0 aliphatic rings. The summed E-state index contributed by atoms with van der Waals surface area (Å²) in [6, 6.07) is 6.21. The number of alkyl halides is 1. The maximum Gasteiger partial charge on any atom is 0.251 e. The van der Waals surface area contributed by atoms with Gasteiger partial charge in [-0.3, -0.25) is 9.59 Å². The largest absolute Gasteiger partial charge is 0.394 e. The van der Waals surface area contributed by atoms with E-state index in [4.69, 9.17) is 21.8 Å². The minimum absolute atomic E-state index is 0.0277. The van der Waals surface area contributed by atoms with Crippen molar-refractivity contribution in [2.24, 2.45) is 0 Å². The lowest BCUT2D eigenvalue weighted by atomic mass is 10.2. The molecule has 0 bridgehead atoms. The number of hydrogen-bond donors (Lipinski definition) is 4. The van der Waals surface area contributed by atoms with Gasteiger partial charge in [-0.05, 0) is 24.3 Å². The van der Waals surface area contributed by atoms with Crippen molar-refractivity contribution in [2.45, 2.75) is 6.10 Å². The van der Waals surface area contributed by atoms with E-state index in [0.29, 0.717) is 11.3 Å². The molecule has 6 nitrogen and oxygen atoms in total. The van der Waals surface area contributed by atoms with Crippen LogP contribution in [-0.4, -0.2) is 47.2 Å². The van der Waals surface area contributed by atoms with Gasteiger partial charge < -0.3 is 20.8 Å². The molecule has 1 aromatic rings. The van der Waals surface area contributed by atoms with Crippen LogP contribution in [0.5, 0.6) is 0 Å². The monoisotopic (exact) mass is 286 g/mol. The number of aliphatic hydroxyl groups is 2. The molecule has 7 heteroatoms. The maximum absolute atomic E-state index is 11.6. The molecule has 4 N–H and O–H groups in total. The second kappa shape index (κ2) is 7.73. The molecule has 0 aromatic heterocycles. The molecule has 1 aromatic carbocycles. The van der Waals surface area contributed by atoms with Crippen LogP contribution in [0.3, 0.4) is 0 Å². The molecule has 0 spiro atoms. The molecule has 1 atom stereocenters. The number of halogens is 1. The SMILES string of the molecule is O=C(CCl)Nc1ccc(C(=O)NCC(O)CO)cc1. The molecule has 0 aliphatic carbocycles. The lowest BCUT2D eigenvalue weighted by Gasteiger charge is -2.09. The summed E-state index contributed by atoms with van der Waals surface area (Å²) in [6.45, 7) is -0.441. The molecule has 0 radical (unpaired) electrons. The Morgan fingerprint density at radius 1 is 1.26 bits per heavy atom. The molecule has 1 unspecified atom stereocenters. The van der Waals surface area contributed by atoms with Crippen molar-refractivity contribution in [3.05, 3.63) is 29.8 Å². The van der Waals surface area contributed by atoms with Crippen molar-refractivity contribution in [3.8, 4) is 0 Å². The van der Waals surface area contributed by atoms with Gasteiger partial charge in [0.2, 0.25) is 5.91 Å². The minimum Gasteiger partial charge on any atom is -0.394 e. The molecule has 0 heterocycles. The fraction of sp³-hybridized carbons (Fsp3) is 0.333. The van der Waals surface area contributed by atoms with Gasteiger partial charge >= 0.3 is 0 Å². The first kappa shape index (κ1) is 15.4. The van der Waals surface area contributed by atoms with Crippen LogP contribution in [0.4, 0.5) is 5.69 Å². The lowest BCUT2D eigenvalue weighted by Crippen LogP contribution is -2.33. The van der Waals surface area contributed by atoms with E-state index in [2.05, 4.69) is 10.6 Å². The molecule has 104 valence electrons. The fourth-order valence-electron chi connectivity index (χ4n) is 1.28. The van der Waals surface area contributed by atoms with Crippen LogP contribution in [0.1, 0.15) is 10.4 Å². The number of hydrogen-bond acceptors (Lipinski definition) is 4. The van der Waals surface area contributed by atoms with Gasteiger partial charge in [0.05, 0.1) is 12.7 Å². The van der Waals surface area contributed by atoms with E-state index in [0.717, 1.165) is 0 Å². The van der Waals surface area contributed by atoms with Crippen molar-refractivity contribution in [2.75, 3.05) is 24.3 Å². The Hall–Kier alpha value is -1.63. The standard InChI is InChI=1S/C12H15ClN2O4/c13-5-11(18)15-9-3-1-8(2-4-9)12(19)14-6-10(17)7-16/h1-4,10,16-17H,5-7H2,(H,14,19)(H,15,18). The van der Waals surface area contributed by atoms with Crippen LogP contribution < -0.4 is 10.6 Å². The zero-order chi connectivity index (χ0) is 14.3. The Labute approximate surface area is 115 Å². The van der Waals surface area contributed by atoms with Crippen LogP contribution in [0, 0.1) is 0 Å². The van der Waals surface area contributed by atoms with E-state index >= 15 is 0 Å². The van der Waals surface area contributed by atoms with Crippen molar-refractivity contribution < 1.29 is 19.8 Å². The first-order valence-corrected chi connectivity index (χ1v) is 6.13. The topological polar surface area (TPSA) is 98.7 Å². The van der Waals surface area contributed by atoms with E-state index in [9.17, 15) is 9.59 Å². The lowest BCUT2D eigenvalue weighted by molar-refractivity contribution is -0.113. The molecule has 0 saturated carbocycles. The number of carbonyl (C=O) groups excluding carboxylic acids is 2. The van der Waals surface area contributed by atoms with Crippen LogP contribution >= 0.6 is 11.6 Å². The Kier molecular flexibility index (Phi) is 6.27. The zero-order valence-electron chi connectivity index (χ0n) is 10.1. The van der Waals surface area contributed by atoms with Gasteiger partial charge in [0.15, 0.2) is 0 Å². The van der Waals surface area contributed by atoms with Crippen LogP contribution in [0.2, 0.25) is 0 Å². The van der Waals surface area contributed by atoms with Gasteiger partial charge in [0.1, 0.15) is 5.88 Å². The van der Waals surface area contributed by atoms with Crippen LogP contribution in [0.25, 0.3) is 0 Å². The second-order valence-electron chi connectivity index (χ2n) is 3.81. The summed E-state index contributed by atoms with van der Waals surface area (Å²) < 4.78 is 0. The van der Waals surface area contributed by atoms with Crippen molar-refractivity contribution in [1.82, 2.24) is 5.32 Å². The molecular formula is C12H15ClN2O4. The Morgan fingerprint density at radius 2 is 1.89 bits per heavy atom. The van der Waals surface area contributed by atoms with Gasteiger partial charge in [0.25, 0.3) is 5.91 Å². The van der Waals surface area contributed by atoms with E-state index in [1.807, 2.05) is 0 Å². The number of benzene rings is 1. The third-order valence-electron chi connectivity index (χ3n) is 2.26. The van der Waals surface area contributed by atoms with Gasteiger partial charge in [-0.2, -0.15) is 0 Å². The van der Waals surface area contributed by atoms with Gasteiger partial charge in [-0.1, -0.05) is 0 Å². The van der Waals surface area contributed by atoms with E-state index < -0.39 is 12.7 Å². The van der Waals surface area contributed by atoms with Crippen LogP contribution in [-0.2, 0) is 4.79 Å².